The monoisotopic (exact) mass is 1860 g/mol. The number of aliphatic hydroxyl groups excluding tert-OH is 5. The van der Waals surface area contributed by atoms with E-state index >= 15 is 9.59 Å². The maximum absolute atomic E-state index is 15.1. The van der Waals surface area contributed by atoms with Gasteiger partial charge < -0.3 is 90.6 Å². The first-order valence-electron chi connectivity index (χ1n) is 48.7. The first-order valence-corrected chi connectivity index (χ1v) is 48.7. The molecule has 1 saturated heterocycles. The summed E-state index contributed by atoms with van der Waals surface area (Å²) in [7, 11) is 9.92. The number of rotatable bonds is 46. The van der Waals surface area contributed by atoms with Crippen LogP contribution < -0.4 is 21.3 Å². The van der Waals surface area contributed by atoms with Gasteiger partial charge in [0.1, 0.15) is 73.6 Å². The number of ether oxygens (including phenoxy) is 2. The van der Waals surface area contributed by atoms with E-state index < -0.39 is 192 Å². The molecular weight excluding hydrogens is 1680 g/mol. The molecule has 0 radical (unpaired) electrons. The van der Waals surface area contributed by atoms with E-state index in [9.17, 15) is 78.3 Å². The number of amides is 11. The van der Waals surface area contributed by atoms with Crippen molar-refractivity contribution < 1.29 is 97.3 Å². The molecule has 0 saturated carbocycles. The molecule has 0 aromatic heterocycles. The van der Waals surface area contributed by atoms with Crippen molar-refractivity contribution in [3.63, 3.8) is 0 Å². The number of esters is 2. The number of nitrogens with one attached hydrogen (secondary N) is 4. The van der Waals surface area contributed by atoms with Gasteiger partial charge in [-0.15, -0.1) is 18.9 Å². The Labute approximate surface area is 788 Å². The lowest BCUT2D eigenvalue weighted by atomic mass is 9.91. The molecule has 1 aliphatic heterocycles. The van der Waals surface area contributed by atoms with E-state index in [0.717, 1.165) is 54.7 Å². The van der Waals surface area contributed by atoms with Gasteiger partial charge in [0.05, 0.1) is 37.1 Å². The van der Waals surface area contributed by atoms with E-state index in [1.165, 1.54) is 185 Å². The second-order valence-corrected chi connectivity index (χ2v) is 38.8. The first-order chi connectivity index (χ1) is 61.3. The number of nitrogens with zero attached hydrogens (tertiary/aromatic N) is 7. The highest BCUT2D eigenvalue weighted by atomic mass is 16.5. The molecule has 1 fully saturated rings. The fourth-order valence-corrected chi connectivity index (χ4v) is 15.9. The lowest BCUT2D eigenvalue weighted by Crippen LogP contribution is -2.63. The molecule has 31 nitrogen and oxygen atoms in total. The average Bonchev–Trinajstić information content (AvgIpc) is 0.814. The molecular formula is C100H181N11O20. The highest BCUT2D eigenvalue weighted by Crippen LogP contribution is 2.27. The summed E-state index contributed by atoms with van der Waals surface area (Å²) in [6.07, 6.45) is 33.6. The summed E-state index contributed by atoms with van der Waals surface area (Å²) in [5.41, 5.74) is 0. The summed E-state index contributed by atoms with van der Waals surface area (Å²) >= 11 is 0. The number of allylic oxidation sites excluding steroid dienone is 3. The molecule has 1 aliphatic rings. The maximum Gasteiger partial charge on any atom is 0.302 e. The minimum absolute atomic E-state index is 0.0229. The number of hydrogen-bond donors (Lipinski definition) is 9. The number of aliphatic hydroxyl groups is 5. The summed E-state index contributed by atoms with van der Waals surface area (Å²) in [5.74, 6) is -7.85. The number of carbonyl (C=O) groups is 13. The lowest BCUT2D eigenvalue weighted by Gasteiger charge is -2.41. The van der Waals surface area contributed by atoms with Crippen molar-refractivity contribution in [2.24, 2.45) is 41.4 Å². The van der Waals surface area contributed by atoms with Gasteiger partial charge in [0.15, 0.2) is 0 Å². The Morgan fingerprint density at radius 2 is 0.832 bits per heavy atom. The predicted molar refractivity (Wildman–Crippen MR) is 516 cm³/mol. The van der Waals surface area contributed by atoms with Crippen molar-refractivity contribution in [3.8, 4) is 12.3 Å². The van der Waals surface area contributed by atoms with Gasteiger partial charge in [0.2, 0.25) is 65.0 Å². The van der Waals surface area contributed by atoms with Crippen LogP contribution in [0.3, 0.4) is 0 Å². The predicted octanol–water partition coefficient (Wildman–Crippen LogP) is 11.0. The fraction of sp³-hybridized carbons (Fsp3) is 0.810. The maximum atomic E-state index is 15.1. The van der Waals surface area contributed by atoms with Crippen LogP contribution >= 0.6 is 0 Å². The largest absolute Gasteiger partial charge is 0.463 e. The van der Waals surface area contributed by atoms with Crippen molar-refractivity contribution in [2.75, 3.05) is 69.1 Å². The molecule has 31 heteroatoms. The second-order valence-electron chi connectivity index (χ2n) is 38.8. The summed E-state index contributed by atoms with van der Waals surface area (Å²) in [5, 5.41) is 61.9. The van der Waals surface area contributed by atoms with Gasteiger partial charge >= 0.3 is 11.9 Å². The van der Waals surface area contributed by atoms with Crippen molar-refractivity contribution in [3.05, 3.63) is 24.8 Å². The molecule has 11 amide bonds. The Morgan fingerprint density at radius 1 is 0.450 bits per heavy atom. The molecule has 756 valence electrons. The summed E-state index contributed by atoms with van der Waals surface area (Å²) in [4.78, 5) is 190. The van der Waals surface area contributed by atoms with Crippen LogP contribution in [0.25, 0.3) is 0 Å². The Morgan fingerprint density at radius 3 is 1.24 bits per heavy atom. The van der Waals surface area contributed by atoms with Crippen LogP contribution in [0.1, 0.15) is 324 Å². The highest BCUT2D eigenvalue weighted by molar-refractivity contribution is 5.99. The van der Waals surface area contributed by atoms with Crippen molar-refractivity contribution >= 4 is 76.9 Å². The van der Waals surface area contributed by atoms with Crippen LogP contribution in [0.4, 0.5) is 0 Å². The van der Waals surface area contributed by atoms with E-state index in [1.807, 2.05) is 67.5 Å². The van der Waals surface area contributed by atoms with Gasteiger partial charge in [-0.25, -0.2) is 0 Å². The van der Waals surface area contributed by atoms with Crippen LogP contribution in [0.2, 0.25) is 0 Å². The molecule has 1 rings (SSSR count). The van der Waals surface area contributed by atoms with Crippen LogP contribution in [-0.2, 0) is 71.8 Å². The summed E-state index contributed by atoms with van der Waals surface area (Å²) in [6.45, 7) is 35.6. The fourth-order valence-electron chi connectivity index (χ4n) is 15.9. The summed E-state index contributed by atoms with van der Waals surface area (Å²) in [6, 6.07) is -12.3. The standard InChI is InChI=1S/C62H111N11O12.C19H36O4.C19H34O4/c1-25-27-28-40(15)52(75)51-56(79)65-43(26-2)58(81)67(18)33-48(74)68(19)44(29-34(3)4)55(78)66-49(38(11)12)61(84)69(20)45(30-35(5)6)54(77)63-41(16)53(76)64-42(17)57(80)70(21)46(31-36(7)8)59(82)71(22)47(32-37(9)10)60(83)72(23)50(39(13)14)62(85)73(51)24;2*1-3-4-5-6-7-8-9-10-11-12-13-14-18(21)15-19(22)16-23-17(2)20/h25,27,34-47,49-52,75H,26,28-33H2,1-24H3,(H,63,77)(H,64,76)(H,65,79)(H,66,78);3,18-19,21-22H,1,4-16H2,2H3;1,18-19,21-22H,4-16H2,2H3. The Bertz CT molecular complexity index is 3440. The minimum Gasteiger partial charge on any atom is -0.463 e. The van der Waals surface area contributed by atoms with E-state index in [4.69, 9.17) is 15.9 Å². The molecule has 9 N–H and O–H groups in total. The molecule has 0 aliphatic carbocycles. The smallest absolute Gasteiger partial charge is 0.302 e. The van der Waals surface area contributed by atoms with Gasteiger partial charge in [0.25, 0.3) is 0 Å². The number of unbranched alkanes of at least 4 members (excludes halogenated alkanes) is 18. The van der Waals surface area contributed by atoms with E-state index in [0.29, 0.717) is 19.3 Å². The zero-order valence-corrected chi connectivity index (χ0v) is 85.5. The van der Waals surface area contributed by atoms with Gasteiger partial charge in [-0.2, -0.15) is 0 Å². The Hall–Kier alpha value is -8.05. The van der Waals surface area contributed by atoms with E-state index in [-0.39, 0.29) is 81.8 Å². The normalized spacial score (nSPS) is 22.2. The average molecular weight is 1860 g/mol. The molecule has 0 aromatic rings. The third-order valence-corrected chi connectivity index (χ3v) is 23.9. The van der Waals surface area contributed by atoms with Gasteiger partial charge in [-0.1, -0.05) is 218 Å². The van der Waals surface area contributed by atoms with Gasteiger partial charge in [0, 0.05) is 82.4 Å². The van der Waals surface area contributed by atoms with Crippen molar-refractivity contribution in [2.45, 2.75) is 415 Å². The Balaban J connectivity index is 0. The number of carbonyl (C=O) groups excluding carboxylic acids is 13. The molecule has 0 spiro atoms. The minimum atomic E-state index is -1.61. The SMILES string of the molecule is C#CCCCCCCCCCCCC(O)CC(O)COC(C)=O.C=CCCCCCCCCCCCC(O)CC(O)COC(C)=O.CC=CCC(C)C(O)C1C(=O)NC(CC)C(=O)N(C)CC(=O)N(C)C(CC(C)C)C(=O)NC(C(C)C)C(=O)N(C)C(CC(C)C)C(=O)NC(C)C(=O)NC(C)C(=O)N(C)C(CC(C)C)C(=O)N(C)C(CC(C)C)C(=O)N(C)C(C(C)C)C(=O)N1C. The van der Waals surface area contributed by atoms with E-state index in [2.05, 4.69) is 33.8 Å². The van der Waals surface area contributed by atoms with E-state index in [1.54, 1.807) is 54.5 Å². The number of hydrogen-bond acceptors (Lipinski definition) is 20. The molecule has 16 atom stereocenters. The molecule has 0 aromatic carbocycles. The molecule has 0 bridgehead atoms. The first kappa shape index (κ1) is 125. The van der Waals surface area contributed by atoms with Gasteiger partial charge in [-0.05, 0) is 133 Å². The van der Waals surface area contributed by atoms with Crippen LogP contribution in [0.5, 0.6) is 0 Å². The molecule has 131 heavy (non-hydrogen) atoms. The number of likely N-dealkylation sites (N-methyl/N-ethyl adjacent to an activating group) is 7. The van der Waals surface area contributed by atoms with Crippen LogP contribution in [0.15, 0.2) is 24.8 Å². The highest BCUT2D eigenvalue weighted by Gasteiger charge is 2.46. The second kappa shape index (κ2) is 68.9. The van der Waals surface area contributed by atoms with Crippen molar-refractivity contribution in [1.82, 2.24) is 55.6 Å². The lowest BCUT2D eigenvalue weighted by molar-refractivity contribution is -0.157. The molecule has 1 heterocycles. The summed E-state index contributed by atoms with van der Waals surface area (Å²) < 4.78 is 9.42. The molecule has 16 unspecified atom stereocenters. The van der Waals surface area contributed by atoms with Crippen LogP contribution in [0, 0.1) is 53.8 Å². The third-order valence-electron chi connectivity index (χ3n) is 23.9. The van der Waals surface area contributed by atoms with Crippen molar-refractivity contribution in [1.29, 1.82) is 0 Å². The zero-order valence-electron chi connectivity index (χ0n) is 85.5. The van der Waals surface area contributed by atoms with Gasteiger partial charge in [-0.3, -0.25) is 62.3 Å². The topological polar surface area (TPSA) is 412 Å². The quantitative estimate of drug-likeness (QED) is 0.0118. The Kier molecular flexibility index (Phi) is 65.7. The third kappa shape index (κ3) is 50.7. The van der Waals surface area contributed by atoms with Crippen LogP contribution in [-0.4, -0.2) is 297 Å². The zero-order chi connectivity index (χ0) is 101. The number of terminal acetylenes is 1.